The second kappa shape index (κ2) is 7.29. The Balaban J connectivity index is 1.31. The van der Waals surface area contributed by atoms with Crippen LogP contribution in [0.1, 0.15) is 50.5 Å². The van der Waals surface area contributed by atoms with Gasteiger partial charge >= 0.3 is 0 Å². The van der Waals surface area contributed by atoms with Gasteiger partial charge in [0.25, 0.3) is 0 Å². The maximum atomic E-state index is 13.0. The third-order valence-electron chi connectivity index (χ3n) is 6.56. The molecular formula is C21H26Cl2N2O2. The number of halogens is 2. The number of likely N-dealkylation sites (tertiary alicyclic amines) is 2. The molecule has 2 amide bonds. The van der Waals surface area contributed by atoms with Crippen LogP contribution in [0.25, 0.3) is 0 Å². The summed E-state index contributed by atoms with van der Waals surface area (Å²) in [6.07, 6.45) is 4.55. The monoisotopic (exact) mass is 408 g/mol. The van der Waals surface area contributed by atoms with E-state index in [1.165, 1.54) is 0 Å². The van der Waals surface area contributed by atoms with Crippen molar-refractivity contribution < 1.29 is 9.59 Å². The number of carbonyl (C=O) groups is 2. The van der Waals surface area contributed by atoms with Crippen LogP contribution in [0, 0.1) is 11.3 Å². The first kappa shape index (κ1) is 19.1. The summed E-state index contributed by atoms with van der Waals surface area (Å²) in [5, 5.41) is 1.13. The van der Waals surface area contributed by atoms with Gasteiger partial charge in [-0.2, -0.15) is 0 Å². The maximum absolute atomic E-state index is 13.0. The highest BCUT2D eigenvalue weighted by Gasteiger charge is 2.47. The van der Waals surface area contributed by atoms with E-state index in [1.807, 2.05) is 28.0 Å². The molecule has 1 atom stereocenters. The van der Waals surface area contributed by atoms with Crippen molar-refractivity contribution in [2.45, 2.75) is 44.9 Å². The first-order valence-corrected chi connectivity index (χ1v) is 10.7. The van der Waals surface area contributed by atoms with Crippen molar-refractivity contribution in [3.8, 4) is 0 Å². The van der Waals surface area contributed by atoms with Crippen molar-refractivity contribution in [3.63, 3.8) is 0 Å². The molecule has 4 nitrogen and oxygen atoms in total. The zero-order chi connectivity index (χ0) is 19.2. The number of nitrogens with zero attached hydrogens (tertiary/aromatic N) is 2. The van der Waals surface area contributed by atoms with E-state index in [2.05, 4.69) is 6.92 Å². The van der Waals surface area contributed by atoms with Gasteiger partial charge in [0.1, 0.15) is 0 Å². The van der Waals surface area contributed by atoms with Crippen LogP contribution in [0.2, 0.25) is 10.0 Å². The van der Waals surface area contributed by atoms with Gasteiger partial charge in [-0.15, -0.1) is 0 Å². The number of hydrogen-bond acceptors (Lipinski definition) is 2. The summed E-state index contributed by atoms with van der Waals surface area (Å²) in [6.45, 7) is 5.03. The third-order valence-corrected chi connectivity index (χ3v) is 7.30. The van der Waals surface area contributed by atoms with Crippen LogP contribution in [-0.4, -0.2) is 47.8 Å². The van der Waals surface area contributed by atoms with Gasteiger partial charge in [-0.05, 0) is 49.8 Å². The van der Waals surface area contributed by atoms with Crippen molar-refractivity contribution >= 4 is 35.0 Å². The fraction of sp³-hybridized carbons (Fsp3) is 0.619. The number of amides is 2. The fourth-order valence-corrected chi connectivity index (χ4v) is 4.68. The lowest BCUT2D eigenvalue weighted by Gasteiger charge is -2.34. The molecular weight excluding hydrogens is 383 g/mol. The first-order chi connectivity index (χ1) is 12.9. The van der Waals surface area contributed by atoms with Crippen molar-refractivity contribution in [1.82, 2.24) is 9.80 Å². The van der Waals surface area contributed by atoms with E-state index in [0.29, 0.717) is 16.0 Å². The lowest BCUT2D eigenvalue weighted by Crippen LogP contribution is -2.45. The minimum Gasteiger partial charge on any atom is -0.342 e. The van der Waals surface area contributed by atoms with Crippen LogP contribution in [0.15, 0.2) is 18.2 Å². The normalized spacial score (nSPS) is 24.9. The maximum Gasteiger partial charge on any atom is 0.228 e. The lowest BCUT2D eigenvalue weighted by atomic mass is 9.94. The van der Waals surface area contributed by atoms with Gasteiger partial charge in [-0.25, -0.2) is 0 Å². The van der Waals surface area contributed by atoms with Gasteiger partial charge in [-0.1, -0.05) is 36.2 Å². The van der Waals surface area contributed by atoms with E-state index < -0.39 is 0 Å². The van der Waals surface area contributed by atoms with E-state index in [4.69, 9.17) is 23.2 Å². The summed E-state index contributed by atoms with van der Waals surface area (Å²) in [5.74, 6) is 0.908. The first-order valence-electron chi connectivity index (χ1n) is 9.90. The standard InChI is InChI=1S/C21H26Cl2N2O2/c1-21(7-8-21)20(27)24-9-4-14(5-10-24)19(26)25-11-6-16(13-25)15-2-3-17(22)18(23)12-15/h2-3,12,14,16H,4-11,13H2,1H3. The molecule has 2 saturated heterocycles. The van der Waals surface area contributed by atoms with Crippen LogP contribution < -0.4 is 0 Å². The zero-order valence-electron chi connectivity index (χ0n) is 15.7. The summed E-state index contributed by atoms with van der Waals surface area (Å²) in [7, 11) is 0. The fourth-order valence-electron chi connectivity index (χ4n) is 4.37. The number of piperidine rings is 1. The summed E-state index contributed by atoms with van der Waals surface area (Å²) >= 11 is 12.2. The second-order valence-electron chi connectivity index (χ2n) is 8.57. The SMILES string of the molecule is CC1(C(=O)N2CCC(C(=O)N3CCC(c4ccc(Cl)c(Cl)c4)C3)CC2)CC1. The Hall–Kier alpha value is -1.26. The van der Waals surface area contributed by atoms with Gasteiger partial charge in [0.2, 0.25) is 11.8 Å². The highest BCUT2D eigenvalue weighted by atomic mass is 35.5. The number of hydrogen-bond donors (Lipinski definition) is 0. The molecule has 6 heteroatoms. The highest BCUT2D eigenvalue weighted by molar-refractivity contribution is 6.42. The summed E-state index contributed by atoms with van der Waals surface area (Å²) in [4.78, 5) is 29.4. The number of rotatable bonds is 3. The third kappa shape index (κ3) is 3.84. The Morgan fingerprint density at radius 2 is 1.67 bits per heavy atom. The largest absolute Gasteiger partial charge is 0.342 e. The quantitative estimate of drug-likeness (QED) is 0.745. The zero-order valence-corrected chi connectivity index (χ0v) is 17.2. The van der Waals surface area contributed by atoms with Crippen molar-refractivity contribution in [2.75, 3.05) is 26.2 Å². The predicted octanol–water partition coefficient (Wildman–Crippen LogP) is 4.35. The Morgan fingerprint density at radius 3 is 2.30 bits per heavy atom. The molecule has 3 aliphatic rings. The Morgan fingerprint density at radius 1 is 1.00 bits per heavy atom. The minimum atomic E-state index is -0.112. The van der Waals surface area contributed by atoms with Crippen LogP contribution in [0.4, 0.5) is 0 Å². The van der Waals surface area contributed by atoms with Gasteiger partial charge in [-0.3, -0.25) is 9.59 Å². The molecule has 0 bridgehead atoms. The molecule has 0 N–H and O–H groups in total. The smallest absolute Gasteiger partial charge is 0.228 e. The average Bonchev–Trinajstić information content (AvgIpc) is 3.24. The van der Waals surface area contributed by atoms with E-state index in [1.54, 1.807) is 0 Å². The van der Waals surface area contributed by atoms with E-state index in [-0.39, 0.29) is 23.1 Å². The van der Waals surface area contributed by atoms with Crippen molar-refractivity contribution in [3.05, 3.63) is 33.8 Å². The average molecular weight is 409 g/mol. The molecule has 0 spiro atoms. The van der Waals surface area contributed by atoms with Gasteiger partial charge in [0, 0.05) is 43.4 Å². The molecule has 3 fully saturated rings. The molecule has 4 rings (SSSR count). The molecule has 2 aliphatic heterocycles. The van der Waals surface area contributed by atoms with Gasteiger partial charge in [0.05, 0.1) is 10.0 Å². The molecule has 27 heavy (non-hydrogen) atoms. The van der Waals surface area contributed by atoms with Crippen molar-refractivity contribution in [1.29, 1.82) is 0 Å². The Bertz CT molecular complexity index is 755. The predicted molar refractivity (Wildman–Crippen MR) is 107 cm³/mol. The van der Waals surface area contributed by atoms with Crippen LogP contribution in [0.5, 0.6) is 0 Å². The number of carbonyl (C=O) groups excluding carboxylic acids is 2. The highest BCUT2D eigenvalue weighted by Crippen LogP contribution is 2.47. The second-order valence-corrected chi connectivity index (χ2v) is 9.38. The summed E-state index contributed by atoms with van der Waals surface area (Å²) < 4.78 is 0. The molecule has 0 radical (unpaired) electrons. The van der Waals surface area contributed by atoms with E-state index in [9.17, 15) is 9.59 Å². The molecule has 1 aromatic carbocycles. The summed E-state index contributed by atoms with van der Waals surface area (Å²) in [6, 6.07) is 5.76. The van der Waals surface area contributed by atoms with Gasteiger partial charge < -0.3 is 9.80 Å². The molecule has 146 valence electrons. The minimum absolute atomic E-state index is 0.0496. The number of benzene rings is 1. The van der Waals surface area contributed by atoms with Crippen LogP contribution in [-0.2, 0) is 9.59 Å². The molecule has 0 aromatic heterocycles. The van der Waals surface area contributed by atoms with Crippen LogP contribution >= 0.6 is 23.2 Å². The van der Waals surface area contributed by atoms with E-state index in [0.717, 1.165) is 63.8 Å². The topological polar surface area (TPSA) is 40.6 Å². The molecule has 2 heterocycles. The van der Waals surface area contributed by atoms with Crippen LogP contribution in [0.3, 0.4) is 0 Å². The Labute approximate surface area is 170 Å². The summed E-state index contributed by atoms with van der Waals surface area (Å²) in [5.41, 5.74) is 1.04. The van der Waals surface area contributed by atoms with E-state index >= 15 is 0 Å². The molecule has 1 unspecified atom stereocenters. The van der Waals surface area contributed by atoms with Gasteiger partial charge in [0.15, 0.2) is 0 Å². The molecule has 1 aliphatic carbocycles. The lowest BCUT2D eigenvalue weighted by molar-refractivity contribution is -0.142. The molecule has 1 aromatic rings. The molecule has 1 saturated carbocycles. The van der Waals surface area contributed by atoms with Crippen molar-refractivity contribution in [2.24, 2.45) is 11.3 Å². The Kier molecular flexibility index (Phi) is 5.15.